The van der Waals surface area contributed by atoms with Gasteiger partial charge < -0.3 is 19.1 Å². The van der Waals surface area contributed by atoms with Crippen LogP contribution in [0.2, 0.25) is 0 Å². The minimum Gasteiger partial charge on any atom is -0.544 e. The summed E-state index contributed by atoms with van der Waals surface area (Å²) in [5.74, 6) is -0.865. The van der Waals surface area contributed by atoms with Crippen molar-refractivity contribution in [3.63, 3.8) is 0 Å². The first-order chi connectivity index (χ1) is 12.2. The van der Waals surface area contributed by atoms with Gasteiger partial charge in [0.2, 0.25) is 0 Å². The highest BCUT2D eigenvalue weighted by atomic mass is 32.2. The topological polar surface area (TPSA) is 99.2 Å². The molecule has 25 heavy (non-hydrogen) atoms. The van der Waals surface area contributed by atoms with Gasteiger partial charge >= 0.3 is 0 Å². The van der Waals surface area contributed by atoms with Crippen molar-refractivity contribution in [3.8, 4) is 11.8 Å². The maximum atomic E-state index is 11.4. The third-order valence-corrected chi connectivity index (χ3v) is 3.99. The van der Waals surface area contributed by atoms with E-state index in [2.05, 4.69) is 4.98 Å². The molecule has 0 amide bonds. The molecule has 7 heteroatoms. The molecule has 0 aliphatic rings. The van der Waals surface area contributed by atoms with Crippen molar-refractivity contribution in [2.45, 2.75) is 5.22 Å². The molecule has 0 spiro atoms. The van der Waals surface area contributed by atoms with Crippen molar-refractivity contribution in [1.29, 1.82) is 5.26 Å². The fourth-order valence-electron chi connectivity index (χ4n) is 2.08. The number of carbonyl (C=O) groups is 1. The van der Waals surface area contributed by atoms with E-state index in [0.29, 0.717) is 22.4 Å². The lowest BCUT2D eigenvalue weighted by Crippen LogP contribution is -2.23. The Kier molecular flexibility index (Phi) is 5.02. The first-order valence-corrected chi connectivity index (χ1v) is 8.03. The van der Waals surface area contributed by atoms with Crippen LogP contribution < -0.4 is 9.84 Å². The molecule has 124 valence electrons. The van der Waals surface area contributed by atoms with Crippen LogP contribution in [-0.2, 0) is 4.79 Å². The predicted molar refractivity (Wildman–Crippen MR) is 90.4 cm³/mol. The van der Waals surface area contributed by atoms with Crippen LogP contribution in [0.3, 0.4) is 0 Å². The number of para-hydroxylation sites is 2. The third kappa shape index (κ3) is 4.19. The molecule has 0 N–H and O–H groups in total. The second-order valence-electron chi connectivity index (χ2n) is 4.86. The molecule has 0 aliphatic heterocycles. The monoisotopic (exact) mass is 351 g/mol. The van der Waals surface area contributed by atoms with E-state index < -0.39 is 5.97 Å². The van der Waals surface area contributed by atoms with Gasteiger partial charge in [-0.1, -0.05) is 24.3 Å². The first kappa shape index (κ1) is 16.6. The van der Waals surface area contributed by atoms with Crippen LogP contribution >= 0.6 is 11.8 Å². The number of hydrogen-bond acceptors (Lipinski definition) is 7. The Balaban J connectivity index is 1.86. The van der Waals surface area contributed by atoms with E-state index in [1.54, 1.807) is 36.4 Å². The Morgan fingerprint density at radius 3 is 2.92 bits per heavy atom. The summed E-state index contributed by atoms with van der Waals surface area (Å²) >= 11 is 0.869. The van der Waals surface area contributed by atoms with Crippen LogP contribution in [0.5, 0.6) is 5.75 Å². The van der Waals surface area contributed by atoms with Crippen LogP contribution in [-0.4, -0.2) is 17.6 Å². The number of carbonyl (C=O) groups excluding carboxylic acids is 1. The summed E-state index contributed by atoms with van der Waals surface area (Å²) in [6, 6.07) is 15.8. The largest absolute Gasteiger partial charge is 0.544 e. The van der Waals surface area contributed by atoms with E-state index in [4.69, 9.17) is 14.4 Å². The highest BCUT2D eigenvalue weighted by molar-refractivity contribution is 8.03. The summed E-state index contributed by atoms with van der Waals surface area (Å²) in [4.78, 5) is 15.6. The molecule has 0 radical (unpaired) electrons. The zero-order valence-electron chi connectivity index (χ0n) is 12.8. The molecule has 0 fully saturated rings. The molecule has 6 nitrogen and oxygen atoms in total. The second-order valence-corrected chi connectivity index (χ2v) is 5.86. The van der Waals surface area contributed by atoms with E-state index in [0.717, 1.165) is 11.8 Å². The van der Waals surface area contributed by atoms with Gasteiger partial charge in [-0.2, -0.15) is 5.26 Å². The fourth-order valence-corrected chi connectivity index (χ4v) is 2.82. The normalized spacial score (nSPS) is 11.2. The maximum absolute atomic E-state index is 11.4. The molecule has 3 rings (SSSR count). The Hall–Kier alpha value is -3.24. The molecule has 0 aliphatic carbocycles. The zero-order valence-corrected chi connectivity index (χ0v) is 13.7. The van der Waals surface area contributed by atoms with E-state index in [1.165, 1.54) is 6.08 Å². The third-order valence-electron chi connectivity index (χ3n) is 3.13. The first-order valence-electron chi connectivity index (χ1n) is 7.22. The molecule has 1 heterocycles. The summed E-state index contributed by atoms with van der Waals surface area (Å²) in [7, 11) is 0. The van der Waals surface area contributed by atoms with Crippen LogP contribution in [0.15, 0.2) is 63.1 Å². The van der Waals surface area contributed by atoms with Crippen LogP contribution in [0.1, 0.15) is 5.56 Å². The van der Waals surface area contributed by atoms with Gasteiger partial charge in [0.25, 0.3) is 5.22 Å². The van der Waals surface area contributed by atoms with Crippen molar-refractivity contribution >= 4 is 34.9 Å². The van der Waals surface area contributed by atoms with E-state index in [-0.39, 0.29) is 16.7 Å². The zero-order chi connectivity index (χ0) is 17.6. The Labute approximate surface area is 147 Å². The summed E-state index contributed by atoms with van der Waals surface area (Å²) in [6.07, 6.45) is 1.44. The molecule has 2 aromatic carbocycles. The van der Waals surface area contributed by atoms with E-state index in [9.17, 15) is 9.90 Å². The standard InChI is InChI=1S/C18H12N2O4S/c19-8-9-23-13-5-3-4-12(10-13)11-16(17(21)22)25-18-20-14-6-1-2-7-15(14)24-18/h1-7,10-11H,9H2,(H,21,22)/p-1/b16-11+. The maximum Gasteiger partial charge on any atom is 0.261 e. The summed E-state index contributed by atoms with van der Waals surface area (Å²) in [6.45, 7) is -0.0852. The van der Waals surface area contributed by atoms with E-state index in [1.807, 2.05) is 18.2 Å². The number of rotatable bonds is 6. The number of nitrogens with zero attached hydrogens (tertiary/aromatic N) is 2. The minimum atomic E-state index is -1.34. The summed E-state index contributed by atoms with van der Waals surface area (Å²) < 4.78 is 10.7. The van der Waals surface area contributed by atoms with Crippen molar-refractivity contribution in [3.05, 3.63) is 59.0 Å². The number of ether oxygens (including phenoxy) is 1. The number of oxazole rings is 1. The molecule has 0 atom stereocenters. The average molecular weight is 351 g/mol. The molecule has 3 aromatic rings. The molecule has 0 saturated heterocycles. The van der Waals surface area contributed by atoms with Gasteiger partial charge in [-0.15, -0.1) is 0 Å². The molecular weight excluding hydrogens is 340 g/mol. The number of thioether (sulfide) groups is 1. The number of fused-ring (bicyclic) bond motifs is 1. The SMILES string of the molecule is N#CCOc1cccc(/C=C(/Sc2nc3ccccc3o2)C(=O)[O-])c1. The van der Waals surface area contributed by atoms with Crippen LogP contribution in [0.4, 0.5) is 0 Å². The average Bonchev–Trinajstić information content (AvgIpc) is 3.02. The lowest BCUT2D eigenvalue weighted by Gasteiger charge is -2.07. The van der Waals surface area contributed by atoms with Gasteiger partial charge in [0.05, 0.1) is 5.97 Å². The van der Waals surface area contributed by atoms with Crippen LogP contribution in [0, 0.1) is 11.3 Å². The minimum absolute atomic E-state index is 0.0519. The van der Waals surface area contributed by atoms with Crippen molar-refractivity contribution in [2.75, 3.05) is 6.61 Å². The highest BCUT2D eigenvalue weighted by Gasteiger charge is 2.10. The van der Waals surface area contributed by atoms with Gasteiger partial charge in [0.15, 0.2) is 12.2 Å². The smallest absolute Gasteiger partial charge is 0.261 e. The van der Waals surface area contributed by atoms with Gasteiger partial charge in [0.1, 0.15) is 17.3 Å². The lowest BCUT2D eigenvalue weighted by atomic mass is 10.2. The molecule has 1 aromatic heterocycles. The number of carboxylic acid groups (broad SMARTS) is 1. The molecule has 0 bridgehead atoms. The van der Waals surface area contributed by atoms with E-state index >= 15 is 0 Å². The Bertz CT molecular complexity index is 955. The Morgan fingerprint density at radius 2 is 2.16 bits per heavy atom. The number of nitriles is 1. The molecule has 0 saturated carbocycles. The fraction of sp³-hybridized carbons (Fsp3) is 0.0556. The summed E-state index contributed by atoms with van der Waals surface area (Å²) in [5.41, 5.74) is 1.82. The second kappa shape index (κ2) is 7.55. The highest BCUT2D eigenvalue weighted by Crippen LogP contribution is 2.30. The van der Waals surface area contributed by atoms with Crippen molar-refractivity contribution < 1.29 is 19.1 Å². The lowest BCUT2D eigenvalue weighted by molar-refractivity contribution is -0.298. The van der Waals surface area contributed by atoms with Crippen LogP contribution in [0.25, 0.3) is 17.2 Å². The van der Waals surface area contributed by atoms with Gasteiger partial charge in [0, 0.05) is 4.91 Å². The number of carboxylic acids is 1. The number of aliphatic carboxylic acids is 1. The number of benzene rings is 2. The van der Waals surface area contributed by atoms with Gasteiger partial charge in [-0.3, -0.25) is 0 Å². The van der Waals surface area contributed by atoms with Gasteiger partial charge in [-0.25, -0.2) is 4.98 Å². The predicted octanol–water partition coefficient (Wildman–Crippen LogP) is 2.61. The quantitative estimate of drug-likeness (QED) is 0.497. The Morgan fingerprint density at radius 1 is 1.32 bits per heavy atom. The van der Waals surface area contributed by atoms with Gasteiger partial charge in [-0.05, 0) is 47.7 Å². The van der Waals surface area contributed by atoms with Crippen molar-refractivity contribution in [2.24, 2.45) is 0 Å². The molecule has 0 unspecified atom stereocenters. The van der Waals surface area contributed by atoms with Crippen molar-refractivity contribution in [1.82, 2.24) is 4.98 Å². The number of hydrogen-bond donors (Lipinski definition) is 0. The molecular formula is C18H11N2O4S-. The summed E-state index contributed by atoms with van der Waals surface area (Å²) in [5, 5.41) is 20.2. The number of aromatic nitrogens is 1.